The van der Waals surface area contributed by atoms with Gasteiger partial charge in [-0.15, -0.1) is 0 Å². The predicted molar refractivity (Wildman–Crippen MR) is 60.1 cm³/mol. The van der Waals surface area contributed by atoms with Crippen molar-refractivity contribution in [2.24, 2.45) is 0 Å². The Morgan fingerprint density at radius 3 is 2.23 bits per heavy atom. The van der Waals surface area contributed by atoms with E-state index in [-0.39, 0.29) is 5.54 Å². The van der Waals surface area contributed by atoms with Crippen molar-refractivity contribution in [1.29, 1.82) is 0 Å². The fourth-order valence-electron chi connectivity index (χ4n) is 1.02. The third kappa shape index (κ3) is 5.27. The Kier molecular flexibility index (Phi) is 5.57. The molecule has 0 rings (SSSR count). The van der Waals surface area contributed by atoms with Crippen molar-refractivity contribution in [2.75, 3.05) is 20.1 Å². The lowest BCUT2D eigenvalue weighted by molar-refractivity contribution is 0.239. The molecule has 0 aliphatic carbocycles. The highest BCUT2D eigenvalue weighted by molar-refractivity contribution is 4.78. The number of rotatable bonds is 6. The summed E-state index contributed by atoms with van der Waals surface area (Å²) >= 11 is 0. The summed E-state index contributed by atoms with van der Waals surface area (Å²) in [7, 11) is 2.17. The second-order valence-electron chi connectivity index (χ2n) is 4.54. The second kappa shape index (κ2) is 5.61. The van der Waals surface area contributed by atoms with E-state index >= 15 is 0 Å². The quantitative estimate of drug-likeness (QED) is 0.683. The minimum atomic E-state index is 0.281. The van der Waals surface area contributed by atoms with Crippen LogP contribution in [0.4, 0.5) is 0 Å². The highest BCUT2D eigenvalue weighted by Crippen LogP contribution is 2.07. The van der Waals surface area contributed by atoms with Gasteiger partial charge in [0, 0.05) is 18.1 Å². The summed E-state index contributed by atoms with van der Waals surface area (Å²) in [4.78, 5) is 2.36. The molecule has 0 amide bonds. The van der Waals surface area contributed by atoms with Crippen LogP contribution >= 0.6 is 0 Å². The van der Waals surface area contributed by atoms with Gasteiger partial charge in [0.2, 0.25) is 0 Å². The Bertz CT molecular complexity index is 132. The lowest BCUT2D eigenvalue weighted by atomic mass is 10.0. The van der Waals surface area contributed by atoms with E-state index in [1.165, 1.54) is 6.42 Å². The van der Waals surface area contributed by atoms with Gasteiger partial charge in [-0.05, 0) is 40.8 Å². The smallest absolute Gasteiger partial charge is 0.0189 e. The van der Waals surface area contributed by atoms with E-state index in [1.54, 1.807) is 0 Å². The third-order valence-corrected chi connectivity index (χ3v) is 3.01. The molecule has 0 fully saturated rings. The number of hydrogen-bond acceptors (Lipinski definition) is 2. The van der Waals surface area contributed by atoms with Crippen molar-refractivity contribution in [3.8, 4) is 0 Å². The SMILES string of the molecule is CCN(C)C(C)CNC(C)(C)CC. The zero-order valence-corrected chi connectivity index (χ0v) is 10.1. The molecule has 13 heavy (non-hydrogen) atoms. The zero-order chi connectivity index (χ0) is 10.5. The first-order valence-electron chi connectivity index (χ1n) is 5.38. The van der Waals surface area contributed by atoms with Crippen LogP contribution in [0, 0.1) is 0 Å². The van der Waals surface area contributed by atoms with Crippen LogP contribution in [0.25, 0.3) is 0 Å². The molecular formula is C11H26N2. The maximum absolute atomic E-state index is 3.58. The van der Waals surface area contributed by atoms with Crippen molar-refractivity contribution >= 4 is 0 Å². The van der Waals surface area contributed by atoms with Gasteiger partial charge in [0.05, 0.1) is 0 Å². The summed E-state index contributed by atoms with van der Waals surface area (Å²) in [6.07, 6.45) is 1.18. The fraction of sp³-hybridized carbons (Fsp3) is 1.00. The number of nitrogens with zero attached hydrogens (tertiary/aromatic N) is 1. The fourth-order valence-corrected chi connectivity index (χ4v) is 1.02. The van der Waals surface area contributed by atoms with Gasteiger partial charge >= 0.3 is 0 Å². The Morgan fingerprint density at radius 1 is 1.31 bits per heavy atom. The third-order valence-electron chi connectivity index (χ3n) is 3.01. The molecule has 0 aromatic carbocycles. The topological polar surface area (TPSA) is 15.3 Å². The standard InChI is InChI=1S/C11H26N2/c1-7-11(4,5)12-9-10(3)13(6)8-2/h10,12H,7-9H2,1-6H3. The van der Waals surface area contributed by atoms with Crippen LogP contribution < -0.4 is 5.32 Å². The first-order chi connectivity index (χ1) is 5.93. The number of likely N-dealkylation sites (N-methyl/N-ethyl adjacent to an activating group) is 1. The molecule has 0 aromatic rings. The Labute approximate surface area is 83.7 Å². The minimum Gasteiger partial charge on any atom is -0.310 e. The van der Waals surface area contributed by atoms with Crippen molar-refractivity contribution in [3.63, 3.8) is 0 Å². The molecule has 0 aliphatic rings. The zero-order valence-electron chi connectivity index (χ0n) is 10.1. The molecule has 0 aliphatic heterocycles. The maximum atomic E-state index is 3.58. The predicted octanol–water partition coefficient (Wildman–Crippen LogP) is 2.10. The van der Waals surface area contributed by atoms with Crippen LogP contribution in [0.1, 0.15) is 41.0 Å². The average molecular weight is 186 g/mol. The lowest BCUT2D eigenvalue weighted by Gasteiger charge is -2.30. The summed E-state index contributed by atoms with van der Waals surface area (Å²) in [6.45, 7) is 13.4. The Hall–Kier alpha value is -0.0800. The molecule has 0 heterocycles. The highest BCUT2D eigenvalue weighted by Gasteiger charge is 2.16. The van der Waals surface area contributed by atoms with Crippen LogP contribution in [-0.2, 0) is 0 Å². The van der Waals surface area contributed by atoms with Gasteiger partial charge in [-0.2, -0.15) is 0 Å². The molecule has 1 atom stereocenters. The molecule has 0 spiro atoms. The molecule has 0 radical (unpaired) electrons. The Morgan fingerprint density at radius 2 is 1.85 bits per heavy atom. The van der Waals surface area contributed by atoms with Gasteiger partial charge in [-0.25, -0.2) is 0 Å². The van der Waals surface area contributed by atoms with Gasteiger partial charge in [0.15, 0.2) is 0 Å². The largest absolute Gasteiger partial charge is 0.310 e. The van der Waals surface area contributed by atoms with E-state index in [2.05, 4.69) is 51.9 Å². The van der Waals surface area contributed by atoms with E-state index < -0.39 is 0 Å². The normalized spacial score (nSPS) is 15.0. The summed E-state index contributed by atoms with van der Waals surface area (Å²) in [6, 6.07) is 0.621. The first-order valence-corrected chi connectivity index (χ1v) is 5.38. The highest BCUT2D eigenvalue weighted by atomic mass is 15.1. The van der Waals surface area contributed by atoms with Gasteiger partial charge < -0.3 is 10.2 Å². The molecule has 80 valence electrons. The molecule has 1 unspecified atom stereocenters. The molecule has 0 saturated carbocycles. The van der Waals surface area contributed by atoms with E-state index in [0.29, 0.717) is 6.04 Å². The van der Waals surface area contributed by atoms with Crippen LogP contribution in [0.2, 0.25) is 0 Å². The molecule has 2 heteroatoms. The van der Waals surface area contributed by atoms with E-state index in [4.69, 9.17) is 0 Å². The number of nitrogens with one attached hydrogen (secondary N) is 1. The van der Waals surface area contributed by atoms with E-state index in [1.807, 2.05) is 0 Å². The van der Waals surface area contributed by atoms with Gasteiger partial charge in [-0.1, -0.05) is 13.8 Å². The van der Waals surface area contributed by atoms with Crippen LogP contribution in [0.15, 0.2) is 0 Å². The van der Waals surface area contributed by atoms with Gasteiger partial charge in [0.25, 0.3) is 0 Å². The lowest BCUT2D eigenvalue weighted by Crippen LogP contribution is -2.46. The molecule has 1 N–H and O–H groups in total. The van der Waals surface area contributed by atoms with Gasteiger partial charge in [-0.3, -0.25) is 0 Å². The van der Waals surface area contributed by atoms with Crippen molar-refractivity contribution in [1.82, 2.24) is 10.2 Å². The molecule has 0 saturated heterocycles. The van der Waals surface area contributed by atoms with Crippen LogP contribution in [0.5, 0.6) is 0 Å². The molecule has 0 aromatic heterocycles. The van der Waals surface area contributed by atoms with E-state index in [0.717, 1.165) is 13.1 Å². The van der Waals surface area contributed by atoms with Gasteiger partial charge in [0.1, 0.15) is 0 Å². The summed E-state index contributed by atoms with van der Waals surface area (Å²) < 4.78 is 0. The van der Waals surface area contributed by atoms with Crippen molar-refractivity contribution in [3.05, 3.63) is 0 Å². The minimum absolute atomic E-state index is 0.281. The second-order valence-corrected chi connectivity index (χ2v) is 4.54. The number of hydrogen-bond donors (Lipinski definition) is 1. The first kappa shape index (κ1) is 12.9. The molecular weight excluding hydrogens is 160 g/mol. The van der Waals surface area contributed by atoms with E-state index in [9.17, 15) is 0 Å². The molecule has 0 bridgehead atoms. The monoisotopic (exact) mass is 186 g/mol. The average Bonchev–Trinajstić information content (AvgIpc) is 2.13. The van der Waals surface area contributed by atoms with Crippen molar-refractivity contribution < 1.29 is 0 Å². The van der Waals surface area contributed by atoms with Crippen LogP contribution in [-0.4, -0.2) is 36.6 Å². The summed E-state index contributed by atoms with van der Waals surface area (Å²) in [5.74, 6) is 0. The Balaban J connectivity index is 3.75. The summed E-state index contributed by atoms with van der Waals surface area (Å²) in [5, 5.41) is 3.58. The van der Waals surface area contributed by atoms with Crippen molar-refractivity contribution in [2.45, 2.75) is 52.6 Å². The van der Waals surface area contributed by atoms with Crippen LogP contribution in [0.3, 0.4) is 0 Å². The maximum Gasteiger partial charge on any atom is 0.0189 e. The molecule has 2 nitrogen and oxygen atoms in total. The summed E-state index contributed by atoms with van der Waals surface area (Å²) in [5.41, 5.74) is 0.281.